The van der Waals surface area contributed by atoms with Crippen LogP contribution in [-0.4, -0.2) is 40.5 Å². The predicted octanol–water partition coefficient (Wildman–Crippen LogP) is 1.77. The highest BCUT2D eigenvalue weighted by Crippen LogP contribution is 2.21. The molecule has 0 radical (unpaired) electrons. The molecule has 7 heteroatoms. The monoisotopic (exact) mass is 278 g/mol. The molecule has 0 bridgehead atoms. The molecule has 6 nitrogen and oxygen atoms in total. The van der Waals surface area contributed by atoms with E-state index >= 15 is 0 Å². The Hall–Kier alpha value is -1.57. The number of hydrogen-bond acceptors (Lipinski definition) is 7. The molecule has 0 saturated carbocycles. The average Bonchev–Trinajstić information content (AvgIpc) is 3.09. The van der Waals surface area contributed by atoms with E-state index in [-0.39, 0.29) is 0 Å². The van der Waals surface area contributed by atoms with Crippen LogP contribution in [0.15, 0.2) is 23.8 Å². The third-order valence-electron chi connectivity index (χ3n) is 2.77. The standard InChI is InChI=1S/C12H14N4O2S/c1-12(17-5-6-18-12)8-15-9-2-3-13-10(16-9)11-14-4-7-19-11/h2-4,7H,5-6,8H2,1H3,(H,13,15,16). The Morgan fingerprint density at radius 2 is 2.16 bits per heavy atom. The molecule has 1 N–H and O–H groups in total. The molecule has 2 aromatic heterocycles. The van der Waals surface area contributed by atoms with Crippen LogP contribution < -0.4 is 5.32 Å². The van der Waals surface area contributed by atoms with E-state index in [0.717, 1.165) is 10.8 Å². The molecule has 3 rings (SSSR count). The van der Waals surface area contributed by atoms with Crippen molar-refractivity contribution in [1.82, 2.24) is 15.0 Å². The lowest BCUT2D eigenvalue weighted by Gasteiger charge is -2.22. The van der Waals surface area contributed by atoms with Crippen LogP contribution in [0, 0.1) is 0 Å². The molecular formula is C12H14N4O2S. The van der Waals surface area contributed by atoms with Gasteiger partial charge in [-0.15, -0.1) is 11.3 Å². The van der Waals surface area contributed by atoms with Crippen molar-refractivity contribution in [2.24, 2.45) is 0 Å². The summed E-state index contributed by atoms with van der Waals surface area (Å²) in [6.07, 6.45) is 3.45. The van der Waals surface area contributed by atoms with Crippen LogP contribution in [0.3, 0.4) is 0 Å². The fourth-order valence-corrected chi connectivity index (χ4v) is 2.38. The highest BCUT2D eigenvalue weighted by Gasteiger charge is 2.30. The minimum atomic E-state index is -0.577. The third kappa shape index (κ3) is 2.89. The molecule has 0 aliphatic carbocycles. The lowest BCUT2D eigenvalue weighted by Crippen LogP contribution is -2.34. The van der Waals surface area contributed by atoms with Gasteiger partial charge in [0.2, 0.25) is 0 Å². The smallest absolute Gasteiger partial charge is 0.190 e. The Labute approximate surface area is 114 Å². The normalized spacial score (nSPS) is 17.5. The van der Waals surface area contributed by atoms with E-state index in [0.29, 0.717) is 25.6 Å². The number of nitrogens with one attached hydrogen (secondary N) is 1. The number of rotatable bonds is 4. The van der Waals surface area contributed by atoms with Crippen LogP contribution >= 0.6 is 11.3 Å². The molecule has 0 spiro atoms. The fraction of sp³-hybridized carbons (Fsp3) is 0.417. The molecule has 19 heavy (non-hydrogen) atoms. The number of aromatic nitrogens is 3. The van der Waals surface area contributed by atoms with Gasteiger partial charge in [0.05, 0.1) is 19.8 Å². The summed E-state index contributed by atoms with van der Waals surface area (Å²) >= 11 is 1.51. The quantitative estimate of drug-likeness (QED) is 0.919. The highest BCUT2D eigenvalue weighted by molar-refractivity contribution is 7.12. The third-order valence-corrected chi connectivity index (χ3v) is 3.54. The molecule has 0 aromatic carbocycles. The molecule has 0 atom stereocenters. The Morgan fingerprint density at radius 1 is 1.32 bits per heavy atom. The first kappa shape index (κ1) is 12.5. The van der Waals surface area contributed by atoms with Gasteiger partial charge in [-0.05, 0) is 13.0 Å². The lowest BCUT2D eigenvalue weighted by molar-refractivity contribution is -0.129. The lowest BCUT2D eigenvalue weighted by atomic mass is 10.3. The summed E-state index contributed by atoms with van der Waals surface area (Å²) in [6, 6.07) is 1.81. The van der Waals surface area contributed by atoms with Gasteiger partial charge in [-0.25, -0.2) is 15.0 Å². The number of thiazole rings is 1. The number of hydrogen-bond donors (Lipinski definition) is 1. The van der Waals surface area contributed by atoms with Crippen LogP contribution in [-0.2, 0) is 9.47 Å². The minimum absolute atomic E-state index is 0.543. The van der Waals surface area contributed by atoms with Gasteiger partial charge >= 0.3 is 0 Å². The zero-order valence-corrected chi connectivity index (χ0v) is 11.3. The molecule has 0 unspecified atom stereocenters. The molecule has 2 aromatic rings. The summed E-state index contributed by atoms with van der Waals surface area (Å²) in [6.45, 7) is 3.72. The topological polar surface area (TPSA) is 69.2 Å². The average molecular weight is 278 g/mol. The molecule has 3 heterocycles. The highest BCUT2D eigenvalue weighted by atomic mass is 32.1. The SMILES string of the molecule is CC1(CNc2ccnc(-c3nccs3)n2)OCCO1. The molecule has 1 saturated heterocycles. The van der Waals surface area contributed by atoms with Crippen LogP contribution in [0.1, 0.15) is 6.92 Å². The van der Waals surface area contributed by atoms with E-state index in [4.69, 9.17) is 9.47 Å². The Kier molecular flexibility index (Phi) is 3.41. The number of ether oxygens (including phenoxy) is 2. The summed E-state index contributed by atoms with van der Waals surface area (Å²) in [5.74, 6) is 0.783. The first-order valence-corrected chi connectivity index (χ1v) is 6.88. The summed E-state index contributed by atoms with van der Waals surface area (Å²) in [5, 5.41) is 5.92. The minimum Gasteiger partial charge on any atom is -0.365 e. The van der Waals surface area contributed by atoms with Gasteiger partial charge < -0.3 is 14.8 Å². The van der Waals surface area contributed by atoms with E-state index in [1.165, 1.54) is 11.3 Å². The van der Waals surface area contributed by atoms with Gasteiger partial charge in [-0.3, -0.25) is 0 Å². The Balaban J connectivity index is 1.70. The van der Waals surface area contributed by atoms with Gasteiger partial charge in [0, 0.05) is 17.8 Å². The second kappa shape index (κ2) is 5.20. The molecular weight excluding hydrogens is 264 g/mol. The van der Waals surface area contributed by atoms with Crippen molar-refractivity contribution < 1.29 is 9.47 Å². The van der Waals surface area contributed by atoms with Crippen LogP contribution in [0.2, 0.25) is 0 Å². The maximum Gasteiger partial charge on any atom is 0.190 e. The Bertz CT molecular complexity index is 540. The fourth-order valence-electron chi connectivity index (χ4n) is 1.80. The zero-order valence-electron chi connectivity index (χ0n) is 10.5. The number of nitrogens with zero attached hydrogens (tertiary/aromatic N) is 3. The second-order valence-electron chi connectivity index (χ2n) is 4.29. The summed E-state index contributed by atoms with van der Waals surface area (Å²) in [7, 11) is 0. The van der Waals surface area contributed by atoms with Gasteiger partial charge in [0.1, 0.15) is 5.82 Å². The van der Waals surface area contributed by atoms with Gasteiger partial charge in [-0.1, -0.05) is 0 Å². The van der Waals surface area contributed by atoms with Crippen molar-refractivity contribution in [1.29, 1.82) is 0 Å². The van der Waals surface area contributed by atoms with Crippen molar-refractivity contribution in [2.45, 2.75) is 12.7 Å². The first-order chi connectivity index (χ1) is 9.25. The summed E-state index contributed by atoms with van der Waals surface area (Å²) < 4.78 is 11.1. The van der Waals surface area contributed by atoms with E-state index in [1.54, 1.807) is 12.4 Å². The van der Waals surface area contributed by atoms with Crippen LogP contribution in [0.4, 0.5) is 5.82 Å². The maximum atomic E-state index is 5.53. The van der Waals surface area contributed by atoms with Crippen molar-refractivity contribution in [3.63, 3.8) is 0 Å². The van der Waals surface area contributed by atoms with Gasteiger partial charge in [0.25, 0.3) is 0 Å². The van der Waals surface area contributed by atoms with Crippen molar-refractivity contribution in [3.05, 3.63) is 23.8 Å². The summed E-state index contributed by atoms with van der Waals surface area (Å²) in [4.78, 5) is 12.8. The van der Waals surface area contributed by atoms with E-state index in [9.17, 15) is 0 Å². The van der Waals surface area contributed by atoms with Gasteiger partial charge in [-0.2, -0.15) is 0 Å². The van der Waals surface area contributed by atoms with Crippen LogP contribution in [0.5, 0.6) is 0 Å². The summed E-state index contributed by atoms with van der Waals surface area (Å²) in [5.41, 5.74) is 0. The zero-order chi connectivity index (χ0) is 13.1. The predicted molar refractivity (Wildman–Crippen MR) is 71.9 cm³/mol. The molecule has 1 fully saturated rings. The molecule has 100 valence electrons. The molecule has 1 aliphatic rings. The molecule has 0 amide bonds. The van der Waals surface area contributed by atoms with Gasteiger partial charge in [0.15, 0.2) is 16.6 Å². The van der Waals surface area contributed by atoms with Crippen LogP contribution in [0.25, 0.3) is 10.8 Å². The van der Waals surface area contributed by atoms with Crippen molar-refractivity contribution in [2.75, 3.05) is 25.1 Å². The second-order valence-corrected chi connectivity index (χ2v) is 5.18. The van der Waals surface area contributed by atoms with Crippen molar-refractivity contribution >= 4 is 17.2 Å². The van der Waals surface area contributed by atoms with E-state index in [1.807, 2.05) is 18.4 Å². The first-order valence-electron chi connectivity index (χ1n) is 6.00. The van der Waals surface area contributed by atoms with E-state index < -0.39 is 5.79 Å². The maximum absolute atomic E-state index is 5.53. The van der Waals surface area contributed by atoms with Crippen molar-refractivity contribution in [3.8, 4) is 10.8 Å². The Morgan fingerprint density at radius 3 is 2.89 bits per heavy atom. The molecule has 1 aliphatic heterocycles. The van der Waals surface area contributed by atoms with E-state index in [2.05, 4.69) is 20.3 Å². The number of anilines is 1. The largest absolute Gasteiger partial charge is 0.365 e.